The Morgan fingerprint density at radius 3 is 2.67 bits per heavy atom. The molecule has 3 nitrogen and oxygen atoms in total. The summed E-state index contributed by atoms with van der Waals surface area (Å²) in [6.45, 7) is 0. The molecule has 106 valence electrons. The Kier molecular flexibility index (Phi) is 4.53. The topological polar surface area (TPSA) is 33.5 Å². The maximum absolute atomic E-state index is 12.5. The van der Waals surface area contributed by atoms with Gasteiger partial charge in [0.25, 0.3) is 5.91 Å². The highest BCUT2D eigenvalue weighted by atomic mass is 127. The number of amides is 1. The lowest BCUT2D eigenvalue weighted by molar-refractivity contribution is -0.113. The second-order valence-corrected chi connectivity index (χ2v) is 7.63. The average molecular weight is 492 g/mol. The van der Waals surface area contributed by atoms with Crippen LogP contribution in [-0.4, -0.2) is 10.2 Å². The van der Waals surface area contributed by atoms with E-state index in [4.69, 9.17) is 16.6 Å². The normalized spacial score (nSPS) is 17.0. The molecular formula is C14H7BrINO2S2. The summed E-state index contributed by atoms with van der Waals surface area (Å²) in [6.07, 6.45) is 1.72. The molecule has 1 aliphatic rings. The molecule has 0 N–H and O–H groups in total. The molecule has 0 radical (unpaired) electrons. The molecule has 1 aromatic heterocycles. The van der Waals surface area contributed by atoms with Gasteiger partial charge >= 0.3 is 0 Å². The number of carbonyl (C=O) groups excluding carboxylic acids is 1. The summed E-state index contributed by atoms with van der Waals surface area (Å²) in [5.74, 6) is 0.499. The first-order valence-electron chi connectivity index (χ1n) is 5.84. The van der Waals surface area contributed by atoms with E-state index in [2.05, 4.69) is 38.5 Å². The minimum Gasteiger partial charge on any atom is -0.450 e. The molecular weight excluding hydrogens is 485 g/mol. The van der Waals surface area contributed by atoms with Crippen molar-refractivity contribution in [2.75, 3.05) is 4.90 Å². The van der Waals surface area contributed by atoms with E-state index in [0.29, 0.717) is 15.0 Å². The number of benzene rings is 1. The first-order valence-corrected chi connectivity index (χ1v) is 8.94. The number of thioether (sulfide) groups is 1. The quantitative estimate of drug-likeness (QED) is 0.334. The van der Waals surface area contributed by atoms with Gasteiger partial charge in [0, 0.05) is 28.7 Å². The van der Waals surface area contributed by atoms with Crippen molar-refractivity contribution >= 4 is 84.5 Å². The Bertz CT molecular complexity index is 738. The summed E-state index contributed by atoms with van der Waals surface area (Å²) in [5, 5.41) is 0. The van der Waals surface area contributed by atoms with Crippen LogP contribution < -0.4 is 4.90 Å². The molecule has 0 spiro atoms. The first kappa shape index (κ1) is 15.3. The van der Waals surface area contributed by atoms with E-state index < -0.39 is 0 Å². The van der Waals surface area contributed by atoms with Crippen LogP contribution in [0.4, 0.5) is 5.69 Å². The Labute approximate surface area is 153 Å². The monoisotopic (exact) mass is 491 g/mol. The molecule has 1 amide bonds. The van der Waals surface area contributed by atoms with Gasteiger partial charge in [0.15, 0.2) is 8.09 Å². The summed E-state index contributed by atoms with van der Waals surface area (Å²) in [5.41, 5.74) is 0.776. The average Bonchev–Trinajstić information content (AvgIpc) is 2.91. The first-order chi connectivity index (χ1) is 10.1. The number of para-hydroxylation sites is 1. The Morgan fingerprint density at radius 2 is 2.05 bits per heavy atom. The summed E-state index contributed by atoms with van der Waals surface area (Å²) in [7, 11) is 0. The molecule has 1 aromatic carbocycles. The van der Waals surface area contributed by atoms with Crippen molar-refractivity contribution in [2.45, 2.75) is 0 Å². The van der Waals surface area contributed by atoms with Gasteiger partial charge in [0.2, 0.25) is 0 Å². The predicted octanol–water partition coefficient (Wildman–Crippen LogP) is 5.05. The predicted molar refractivity (Wildman–Crippen MR) is 101 cm³/mol. The second-order valence-electron chi connectivity index (χ2n) is 4.12. The number of furan rings is 1. The summed E-state index contributed by atoms with van der Waals surface area (Å²) < 4.78 is 7.68. The molecule has 0 aliphatic carbocycles. The summed E-state index contributed by atoms with van der Waals surface area (Å²) in [6, 6.07) is 11.2. The third kappa shape index (κ3) is 3.10. The Hall–Kier alpha value is -0.640. The number of carbonyl (C=O) groups is 1. The van der Waals surface area contributed by atoms with Crippen LogP contribution >= 0.6 is 62.5 Å². The lowest BCUT2D eigenvalue weighted by atomic mass is 10.3. The maximum Gasteiger partial charge on any atom is 0.270 e. The van der Waals surface area contributed by atoms with E-state index in [1.165, 1.54) is 16.7 Å². The van der Waals surface area contributed by atoms with Crippen molar-refractivity contribution in [1.29, 1.82) is 0 Å². The molecule has 1 saturated heterocycles. The van der Waals surface area contributed by atoms with Crippen LogP contribution in [0.2, 0.25) is 0 Å². The number of hydrogen-bond acceptors (Lipinski definition) is 4. The molecule has 0 bridgehead atoms. The van der Waals surface area contributed by atoms with Gasteiger partial charge in [0.05, 0.1) is 15.1 Å². The van der Waals surface area contributed by atoms with Crippen LogP contribution in [-0.2, 0) is 4.79 Å². The highest BCUT2D eigenvalue weighted by Gasteiger charge is 2.33. The third-order valence-corrected chi connectivity index (χ3v) is 6.18. The number of rotatable bonds is 2. The van der Waals surface area contributed by atoms with Crippen LogP contribution in [0.15, 0.2) is 50.2 Å². The minimum atomic E-state index is -0.126. The van der Waals surface area contributed by atoms with Gasteiger partial charge in [-0.2, -0.15) is 0 Å². The van der Waals surface area contributed by atoms with Gasteiger partial charge in [-0.15, -0.1) is 0 Å². The van der Waals surface area contributed by atoms with Crippen molar-refractivity contribution in [2.24, 2.45) is 0 Å². The van der Waals surface area contributed by atoms with Crippen molar-refractivity contribution in [3.63, 3.8) is 0 Å². The molecule has 3 rings (SSSR count). The largest absolute Gasteiger partial charge is 0.450 e. The molecule has 0 atom stereocenters. The number of thiocarbonyl (C=S) groups is 1. The smallest absolute Gasteiger partial charge is 0.270 e. The highest BCUT2D eigenvalue weighted by molar-refractivity contribution is 14.1. The van der Waals surface area contributed by atoms with Crippen LogP contribution in [0.25, 0.3) is 6.08 Å². The number of hydrogen-bond donors (Lipinski definition) is 0. The lowest BCUT2D eigenvalue weighted by Crippen LogP contribution is -2.27. The molecule has 2 heterocycles. The van der Waals surface area contributed by atoms with E-state index in [9.17, 15) is 4.79 Å². The van der Waals surface area contributed by atoms with Crippen LogP contribution in [0.5, 0.6) is 0 Å². The zero-order valence-electron chi connectivity index (χ0n) is 10.4. The minimum absolute atomic E-state index is 0.126. The van der Waals surface area contributed by atoms with E-state index in [1.54, 1.807) is 6.08 Å². The molecule has 2 aromatic rings. The molecule has 0 unspecified atom stereocenters. The molecule has 0 saturated carbocycles. The van der Waals surface area contributed by atoms with Gasteiger partial charge in [-0.1, -0.05) is 42.2 Å². The van der Waals surface area contributed by atoms with E-state index >= 15 is 0 Å². The van der Waals surface area contributed by atoms with Gasteiger partial charge in [0.1, 0.15) is 5.76 Å². The molecule has 21 heavy (non-hydrogen) atoms. The number of halogens is 2. The fourth-order valence-electron chi connectivity index (χ4n) is 1.83. The van der Waals surface area contributed by atoms with Gasteiger partial charge in [-0.3, -0.25) is 9.69 Å². The van der Waals surface area contributed by atoms with E-state index in [1.807, 2.05) is 36.4 Å². The van der Waals surface area contributed by atoms with Crippen molar-refractivity contribution in [3.05, 3.63) is 55.3 Å². The third-order valence-electron chi connectivity index (χ3n) is 2.75. The van der Waals surface area contributed by atoms with Crippen molar-refractivity contribution in [3.8, 4) is 0 Å². The number of nitrogens with zero attached hydrogens (tertiary/aromatic N) is 1. The molecule has 7 heteroatoms. The van der Waals surface area contributed by atoms with Crippen LogP contribution in [0, 0.1) is 3.77 Å². The zero-order chi connectivity index (χ0) is 15.0. The summed E-state index contributed by atoms with van der Waals surface area (Å²) >= 11 is 12.1. The fraction of sp³-hybridized carbons (Fsp3) is 0. The van der Waals surface area contributed by atoms with E-state index in [0.717, 1.165) is 13.9 Å². The maximum atomic E-state index is 12.5. The highest BCUT2D eigenvalue weighted by Crippen LogP contribution is 2.36. The molecule has 1 fully saturated rings. The fourth-order valence-corrected chi connectivity index (χ4v) is 3.83. The molecule has 1 aliphatic heterocycles. The van der Waals surface area contributed by atoms with Crippen LogP contribution in [0.3, 0.4) is 0 Å². The Morgan fingerprint density at radius 1 is 1.33 bits per heavy atom. The van der Waals surface area contributed by atoms with Crippen molar-refractivity contribution < 1.29 is 9.21 Å². The summed E-state index contributed by atoms with van der Waals surface area (Å²) in [4.78, 5) is 14.6. The SMILES string of the molecule is O=C1/C(=C/c2cc(Br)c(I)o2)SC(=S)N1c1ccccc1. The second kappa shape index (κ2) is 6.23. The van der Waals surface area contributed by atoms with E-state index in [-0.39, 0.29) is 5.91 Å². The standard InChI is InChI=1S/C14H7BrINO2S2/c15-10-6-9(19-12(10)16)7-11-13(18)17(14(20)21-11)8-4-2-1-3-5-8/h1-7H/b11-7-. The van der Waals surface area contributed by atoms with Gasteiger partial charge in [-0.25, -0.2) is 0 Å². The van der Waals surface area contributed by atoms with Gasteiger partial charge in [-0.05, 0) is 34.1 Å². The lowest BCUT2D eigenvalue weighted by Gasteiger charge is -2.13. The number of anilines is 1. The van der Waals surface area contributed by atoms with Crippen LogP contribution in [0.1, 0.15) is 5.76 Å². The van der Waals surface area contributed by atoms with Gasteiger partial charge < -0.3 is 4.42 Å². The zero-order valence-corrected chi connectivity index (χ0v) is 15.8. The van der Waals surface area contributed by atoms with Crippen molar-refractivity contribution in [1.82, 2.24) is 0 Å². The Balaban J connectivity index is 1.93.